The summed E-state index contributed by atoms with van der Waals surface area (Å²) in [6, 6.07) is 20.2. The maximum atomic E-state index is 12.7. The highest BCUT2D eigenvalue weighted by Crippen LogP contribution is 2.35. The van der Waals surface area contributed by atoms with E-state index in [0.29, 0.717) is 18.5 Å². The molecule has 2 aromatic carbocycles. The first-order chi connectivity index (χ1) is 12.5. The van der Waals surface area contributed by atoms with Crippen molar-refractivity contribution in [2.45, 2.75) is 50.3 Å². The Morgan fingerprint density at radius 2 is 1.56 bits per heavy atom. The summed E-state index contributed by atoms with van der Waals surface area (Å²) in [6.45, 7) is 0. The molecule has 1 aliphatic rings. The predicted molar refractivity (Wildman–Crippen MR) is 105 cm³/mol. The minimum absolute atomic E-state index is 0. The van der Waals surface area contributed by atoms with Crippen molar-refractivity contribution in [2.75, 3.05) is 14.1 Å². The lowest BCUT2D eigenvalue weighted by Crippen LogP contribution is -3.00. The van der Waals surface area contributed by atoms with Crippen molar-refractivity contribution in [3.8, 4) is 0 Å². The highest BCUT2D eigenvalue weighted by Gasteiger charge is 2.41. The maximum absolute atomic E-state index is 12.7. The molecule has 27 heavy (non-hydrogen) atoms. The van der Waals surface area contributed by atoms with Gasteiger partial charge in [-0.15, -0.1) is 0 Å². The van der Waals surface area contributed by atoms with Crippen LogP contribution in [-0.2, 0) is 0 Å². The van der Waals surface area contributed by atoms with Gasteiger partial charge in [0.25, 0.3) is 0 Å². The zero-order valence-electron chi connectivity index (χ0n) is 16.2. The average Bonchev–Trinajstić information content (AvgIpc) is 2.66. The number of quaternary nitrogens is 1. The number of hydrogen-bond acceptors (Lipinski definition) is 2. The Morgan fingerprint density at radius 3 is 2.19 bits per heavy atom. The van der Waals surface area contributed by atoms with E-state index in [1.807, 2.05) is 60.7 Å². The van der Waals surface area contributed by atoms with Crippen LogP contribution in [0.25, 0.3) is 0 Å². The summed E-state index contributed by atoms with van der Waals surface area (Å²) >= 11 is 0. The molecular weight excluding hydrogens is 449 g/mol. The molecule has 1 saturated heterocycles. The Hall–Kier alpha value is -1.24. The minimum atomic E-state index is -0.442. The molecule has 0 amide bonds. The van der Waals surface area contributed by atoms with Crippen molar-refractivity contribution in [2.24, 2.45) is 0 Å². The number of halogens is 1. The van der Waals surface area contributed by atoms with Crippen molar-refractivity contribution >= 4 is 5.78 Å². The molecule has 0 bridgehead atoms. The number of rotatable bonds is 6. The normalized spacial score (nSPS) is 22.5. The summed E-state index contributed by atoms with van der Waals surface area (Å²) in [5.74, 6) is 0.228. The van der Waals surface area contributed by atoms with Crippen LogP contribution in [0.3, 0.4) is 0 Å². The number of piperidine rings is 1. The average molecular weight is 479 g/mol. The van der Waals surface area contributed by atoms with Crippen LogP contribution in [0.15, 0.2) is 60.7 Å². The Bertz CT molecular complexity index is 718. The van der Waals surface area contributed by atoms with Gasteiger partial charge < -0.3 is 33.6 Å². The lowest BCUT2D eigenvalue weighted by molar-refractivity contribution is -0.944. The molecule has 0 aromatic heterocycles. The number of nitrogens with zero attached hydrogens (tertiary/aromatic N) is 1. The zero-order chi connectivity index (χ0) is 18.6. The molecule has 2 aromatic rings. The minimum Gasteiger partial charge on any atom is -1.00 e. The lowest BCUT2D eigenvalue weighted by atomic mass is 9.86. The largest absolute Gasteiger partial charge is 1.00 e. The van der Waals surface area contributed by atoms with Crippen LogP contribution in [0.4, 0.5) is 0 Å². The van der Waals surface area contributed by atoms with E-state index >= 15 is 0 Å². The number of hydrogen-bond donors (Lipinski definition) is 1. The second-order valence-corrected chi connectivity index (χ2v) is 8.02. The van der Waals surface area contributed by atoms with Crippen LogP contribution in [0.1, 0.15) is 54.1 Å². The van der Waals surface area contributed by atoms with Gasteiger partial charge in [-0.1, -0.05) is 60.7 Å². The third-order valence-electron chi connectivity index (χ3n) is 6.15. The summed E-state index contributed by atoms with van der Waals surface area (Å²) in [6.07, 6.45) is 4.18. The number of likely N-dealkylation sites (tertiary alicyclic amines) is 1. The van der Waals surface area contributed by atoms with E-state index in [2.05, 4.69) is 14.1 Å². The first kappa shape index (κ1) is 22.1. The number of benzene rings is 2. The van der Waals surface area contributed by atoms with Gasteiger partial charge in [-0.3, -0.25) is 4.79 Å². The number of aliphatic hydroxyl groups excluding tert-OH is 1. The number of carbonyl (C=O) groups excluding carboxylic acids is 1. The molecule has 0 saturated carbocycles. The lowest BCUT2D eigenvalue weighted by Gasteiger charge is -2.48. The van der Waals surface area contributed by atoms with Crippen molar-refractivity contribution in [3.63, 3.8) is 0 Å². The quantitative estimate of drug-likeness (QED) is 0.387. The molecule has 3 nitrogen and oxygen atoms in total. The smallest absolute Gasteiger partial charge is 0.168 e. The molecule has 3 rings (SSSR count). The van der Waals surface area contributed by atoms with Gasteiger partial charge in [0.15, 0.2) is 5.78 Å². The topological polar surface area (TPSA) is 37.3 Å². The molecule has 0 radical (unpaired) electrons. The molecular formula is C23H30INO2. The van der Waals surface area contributed by atoms with Crippen LogP contribution < -0.4 is 24.0 Å². The van der Waals surface area contributed by atoms with Gasteiger partial charge >= 0.3 is 0 Å². The van der Waals surface area contributed by atoms with Crippen molar-refractivity contribution in [1.82, 2.24) is 0 Å². The molecule has 4 heteroatoms. The Morgan fingerprint density at radius 1 is 1.00 bits per heavy atom. The summed E-state index contributed by atoms with van der Waals surface area (Å²) < 4.78 is 0.808. The number of Topliss-reactive ketones (excluding diaryl/α,β-unsaturated/α-hetero) is 1. The first-order valence-corrected chi connectivity index (χ1v) is 9.63. The van der Waals surface area contributed by atoms with Crippen LogP contribution in [0.2, 0.25) is 0 Å². The van der Waals surface area contributed by atoms with Crippen LogP contribution in [-0.4, -0.2) is 41.6 Å². The van der Waals surface area contributed by atoms with Crippen molar-refractivity contribution in [1.29, 1.82) is 0 Å². The Balaban J connectivity index is 0.00000261. The molecule has 146 valence electrons. The highest BCUT2D eigenvalue weighted by molar-refractivity contribution is 5.96. The molecule has 0 aliphatic carbocycles. The van der Waals surface area contributed by atoms with Gasteiger partial charge in [-0.25, -0.2) is 0 Å². The SMILES string of the molecule is C[N+]1(C)[C@@H](CC(=O)c2ccccc2)CCC[C@H]1C[C@H](O)c1ccccc1.[I-]. The van der Waals surface area contributed by atoms with Crippen LogP contribution in [0.5, 0.6) is 0 Å². The van der Waals surface area contributed by atoms with E-state index < -0.39 is 6.10 Å². The van der Waals surface area contributed by atoms with Gasteiger partial charge in [0.1, 0.15) is 0 Å². The predicted octanol–water partition coefficient (Wildman–Crippen LogP) is 1.38. The summed E-state index contributed by atoms with van der Waals surface area (Å²) in [5.41, 5.74) is 1.79. The standard InChI is InChI=1S/C23H30NO2.HI/c1-24(2)20(16-22(25)18-10-5-3-6-11-18)14-9-15-21(24)17-23(26)19-12-7-4-8-13-19;/h3-8,10-13,20-22,25H,9,14-17H2,1-2H3;1H/q+1;/p-1/t20-,21+,22-;/m0./s1. The Kier molecular flexibility index (Phi) is 8.01. The van der Waals surface area contributed by atoms with E-state index in [4.69, 9.17) is 0 Å². The van der Waals surface area contributed by atoms with E-state index in [1.165, 1.54) is 0 Å². The van der Waals surface area contributed by atoms with Crippen LogP contribution in [0, 0.1) is 0 Å². The van der Waals surface area contributed by atoms with Gasteiger partial charge in [-0.2, -0.15) is 0 Å². The number of aliphatic hydroxyl groups is 1. The second kappa shape index (κ2) is 9.80. The van der Waals surface area contributed by atoms with Gasteiger partial charge in [0.05, 0.1) is 38.7 Å². The summed E-state index contributed by atoms with van der Waals surface area (Å²) in [5, 5.41) is 10.7. The monoisotopic (exact) mass is 479 g/mol. The highest BCUT2D eigenvalue weighted by atomic mass is 127. The molecule has 0 unspecified atom stereocenters. The van der Waals surface area contributed by atoms with E-state index in [-0.39, 0.29) is 29.8 Å². The van der Waals surface area contributed by atoms with Gasteiger partial charge in [-0.05, 0) is 18.4 Å². The molecule has 1 fully saturated rings. The fourth-order valence-electron chi connectivity index (χ4n) is 4.30. The molecule has 3 atom stereocenters. The fraction of sp³-hybridized carbons (Fsp3) is 0.435. The van der Waals surface area contributed by atoms with Gasteiger partial charge in [0, 0.05) is 18.4 Å². The van der Waals surface area contributed by atoms with E-state index in [9.17, 15) is 9.90 Å². The molecule has 1 heterocycles. The van der Waals surface area contributed by atoms with Crippen molar-refractivity contribution in [3.05, 3.63) is 71.8 Å². The number of ketones is 1. The van der Waals surface area contributed by atoms with E-state index in [0.717, 1.165) is 41.3 Å². The van der Waals surface area contributed by atoms with E-state index in [1.54, 1.807) is 0 Å². The first-order valence-electron chi connectivity index (χ1n) is 9.63. The molecule has 0 spiro atoms. The zero-order valence-corrected chi connectivity index (χ0v) is 18.4. The number of carbonyl (C=O) groups is 1. The Labute approximate surface area is 180 Å². The summed E-state index contributed by atoms with van der Waals surface area (Å²) in [4.78, 5) is 12.7. The second-order valence-electron chi connectivity index (χ2n) is 8.02. The third kappa shape index (κ3) is 5.39. The maximum Gasteiger partial charge on any atom is 0.168 e. The fourth-order valence-corrected chi connectivity index (χ4v) is 4.30. The molecule has 1 N–H and O–H groups in total. The van der Waals surface area contributed by atoms with Gasteiger partial charge in [0.2, 0.25) is 0 Å². The van der Waals surface area contributed by atoms with Crippen LogP contribution >= 0.6 is 0 Å². The summed E-state index contributed by atoms with van der Waals surface area (Å²) in [7, 11) is 4.45. The van der Waals surface area contributed by atoms with Crippen molar-refractivity contribution < 1.29 is 38.4 Å². The third-order valence-corrected chi connectivity index (χ3v) is 6.15. The molecule has 1 aliphatic heterocycles.